The van der Waals surface area contributed by atoms with Crippen LogP contribution in [0.1, 0.15) is 52.9 Å². The molecule has 0 radical (unpaired) electrons. The number of ether oxygens (including phenoxy) is 2. The first kappa shape index (κ1) is 16.1. The lowest BCUT2D eigenvalue weighted by Crippen LogP contribution is -2.54. The van der Waals surface area contributed by atoms with E-state index in [0.29, 0.717) is 32.4 Å². The van der Waals surface area contributed by atoms with Crippen LogP contribution in [-0.2, 0) is 14.3 Å². The highest BCUT2D eigenvalue weighted by molar-refractivity contribution is 5.70. The highest BCUT2D eigenvalue weighted by atomic mass is 16.6. The van der Waals surface area contributed by atoms with Gasteiger partial charge in [-0.25, -0.2) is 4.79 Å². The van der Waals surface area contributed by atoms with Crippen LogP contribution in [0.3, 0.4) is 0 Å². The highest BCUT2D eigenvalue weighted by Crippen LogP contribution is 2.37. The van der Waals surface area contributed by atoms with Gasteiger partial charge in [0.2, 0.25) is 0 Å². The third-order valence-electron chi connectivity index (χ3n) is 4.08. The van der Waals surface area contributed by atoms with Gasteiger partial charge in [-0.3, -0.25) is 0 Å². The molecule has 6 heteroatoms. The lowest BCUT2D eigenvalue weighted by molar-refractivity contribution is -0.325. The molecule has 2 aliphatic heterocycles. The number of amides is 1. The van der Waals surface area contributed by atoms with Crippen molar-refractivity contribution in [3.8, 4) is 0 Å². The van der Waals surface area contributed by atoms with Crippen molar-refractivity contribution in [2.75, 3.05) is 13.1 Å². The quantitative estimate of drug-likeness (QED) is 0.723. The Labute approximate surface area is 125 Å². The second-order valence-electron chi connectivity index (χ2n) is 6.97. The number of hydrogen-bond donors (Lipinski definition) is 0. The molecule has 0 bridgehead atoms. The van der Waals surface area contributed by atoms with E-state index in [9.17, 15) is 14.7 Å². The number of rotatable bonds is 1. The fourth-order valence-corrected chi connectivity index (χ4v) is 2.99. The number of piperidine rings is 1. The molecule has 1 amide bonds. The van der Waals surface area contributed by atoms with Crippen LogP contribution in [0.4, 0.5) is 4.79 Å². The Balaban J connectivity index is 1.90. The molecule has 0 aromatic heterocycles. The molecule has 0 aromatic rings. The maximum absolute atomic E-state index is 12.0. The van der Waals surface area contributed by atoms with Gasteiger partial charge in [-0.1, -0.05) is 0 Å². The molecule has 1 spiro atoms. The van der Waals surface area contributed by atoms with Crippen molar-refractivity contribution in [1.29, 1.82) is 0 Å². The van der Waals surface area contributed by atoms with E-state index in [1.807, 2.05) is 20.8 Å². The smallest absolute Gasteiger partial charge is 0.410 e. The summed E-state index contributed by atoms with van der Waals surface area (Å²) in [5, 5.41) is 11.0. The van der Waals surface area contributed by atoms with Gasteiger partial charge in [0.15, 0.2) is 0 Å². The SMILES string of the molecule is CC(C)(C)OC(=O)N1CCC2(CCCC(C(=O)[O-])O2)CC1. The fraction of sp³-hybridized carbons (Fsp3) is 0.867. The first-order valence-corrected chi connectivity index (χ1v) is 7.57. The lowest BCUT2D eigenvalue weighted by Gasteiger charge is -2.46. The minimum Gasteiger partial charge on any atom is -0.547 e. The maximum Gasteiger partial charge on any atom is 0.410 e. The molecule has 6 nitrogen and oxygen atoms in total. The summed E-state index contributed by atoms with van der Waals surface area (Å²) in [6.45, 7) is 6.59. The summed E-state index contributed by atoms with van der Waals surface area (Å²) in [7, 11) is 0. The average Bonchev–Trinajstić information content (AvgIpc) is 2.37. The van der Waals surface area contributed by atoms with Gasteiger partial charge in [0.1, 0.15) is 5.60 Å². The zero-order chi connectivity index (χ0) is 15.7. The lowest BCUT2D eigenvalue weighted by atomic mass is 9.83. The van der Waals surface area contributed by atoms with Crippen LogP contribution in [0, 0.1) is 0 Å². The van der Waals surface area contributed by atoms with Gasteiger partial charge in [0.05, 0.1) is 17.7 Å². The van der Waals surface area contributed by atoms with Gasteiger partial charge in [0, 0.05) is 13.1 Å². The first-order chi connectivity index (χ1) is 9.71. The topological polar surface area (TPSA) is 78.9 Å². The molecule has 2 aliphatic rings. The number of aliphatic carboxylic acids is 1. The van der Waals surface area contributed by atoms with Crippen LogP contribution in [0.5, 0.6) is 0 Å². The third kappa shape index (κ3) is 4.09. The number of carboxylic acid groups (broad SMARTS) is 1. The molecule has 21 heavy (non-hydrogen) atoms. The summed E-state index contributed by atoms with van der Waals surface area (Å²) in [5.74, 6) is -1.14. The summed E-state index contributed by atoms with van der Waals surface area (Å²) in [6, 6.07) is 0. The van der Waals surface area contributed by atoms with Crippen LogP contribution in [-0.4, -0.2) is 47.4 Å². The van der Waals surface area contributed by atoms with E-state index in [4.69, 9.17) is 9.47 Å². The number of nitrogens with zero attached hydrogens (tertiary/aromatic N) is 1. The number of carbonyl (C=O) groups is 2. The number of likely N-dealkylation sites (tertiary alicyclic amines) is 1. The van der Waals surface area contributed by atoms with Crippen molar-refractivity contribution in [1.82, 2.24) is 4.90 Å². The van der Waals surface area contributed by atoms with E-state index in [-0.39, 0.29) is 6.09 Å². The third-order valence-corrected chi connectivity index (χ3v) is 4.08. The Morgan fingerprint density at radius 3 is 2.38 bits per heavy atom. The molecule has 0 saturated carbocycles. The molecule has 2 saturated heterocycles. The van der Waals surface area contributed by atoms with E-state index in [2.05, 4.69) is 0 Å². The van der Waals surface area contributed by atoms with Crippen molar-refractivity contribution in [2.24, 2.45) is 0 Å². The van der Waals surface area contributed by atoms with Crippen LogP contribution in [0.15, 0.2) is 0 Å². The van der Waals surface area contributed by atoms with E-state index in [1.54, 1.807) is 4.90 Å². The van der Waals surface area contributed by atoms with Crippen LogP contribution < -0.4 is 5.11 Å². The van der Waals surface area contributed by atoms with Crippen molar-refractivity contribution >= 4 is 12.1 Å². The Hall–Kier alpha value is -1.30. The van der Waals surface area contributed by atoms with Crippen LogP contribution in [0.2, 0.25) is 0 Å². The Bertz CT molecular complexity index is 407. The predicted molar refractivity (Wildman–Crippen MR) is 73.5 cm³/mol. The summed E-state index contributed by atoms with van der Waals surface area (Å²) in [6.07, 6.45) is 2.35. The maximum atomic E-state index is 12.0. The molecule has 2 fully saturated rings. The fourth-order valence-electron chi connectivity index (χ4n) is 2.99. The second-order valence-corrected chi connectivity index (χ2v) is 6.97. The van der Waals surface area contributed by atoms with E-state index < -0.39 is 23.3 Å². The molecule has 0 aliphatic carbocycles. The van der Waals surface area contributed by atoms with Crippen molar-refractivity contribution < 1.29 is 24.2 Å². The summed E-state index contributed by atoms with van der Waals surface area (Å²) < 4.78 is 11.1. The Kier molecular flexibility index (Phi) is 4.46. The molecule has 0 aromatic carbocycles. The molecular weight excluding hydrogens is 274 g/mol. The van der Waals surface area contributed by atoms with Crippen molar-refractivity contribution in [3.05, 3.63) is 0 Å². The Morgan fingerprint density at radius 1 is 1.24 bits per heavy atom. The van der Waals surface area contributed by atoms with Crippen molar-refractivity contribution in [2.45, 2.75) is 70.2 Å². The zero-order valence-corrected chi connectivity index (χ0v) is 13.0. The second kappa shape index (κ2) is 5.83. The Morgan fingerprint density at radius 2 is 1.86 bits per heavy atom. The summed E-state index contributed by atoms with van der Waals surface area (Å²) in [4.78, 5) is 24.7. The standard InChI is InChI=1S/C15H25NO5/c1-14(2,3)21-13(19)16-9-7-15(8-10-16)6-4-5-11(20-15)12(17)18/h11H,4-10H2,1-3H3,(H,17,18)/p-1. The average molecular weight is 298 g/mol. The monoisotopic (exact) mass is 298 g/mol. The molecule has 0 N–H and O–H groups in total. The molecular formula is C15H24NO5-. The van der Waals surface area contributed by atoms with Crippen molar-refractivity contribution in [3.63, 3.8) is 0 Å². The summed E-state index contributed by atoms with van der Waals surface area (Å²) >= 11 is 0. The number of carbonyl (C=O) groups excluding carboxylic acids is 2. The summed E-state index contributed by atoms with van der Waals surface area (Å²) in [5.41, 5.74) is -0.922. The minimum atomic E-state index is -1.14. The molecule has 120 valence electrons. The van der Waals surface area contributed by atoms with Crippen LogP contribution >= 0.6 is 0 Å². The number of hydrogen-bond acceptors (Lipinski definition) is 5. The molecule has 1 unspecified atom stereocenters. The van der Waals surface area contributed by atoms with Crippen LogP contribution in [0.25, 0.3) is 0 Å². The predicted octanol–water partition coefficient (Wildman–Crippen LogP) is 1.08. The molecule has 1 atom stereocenters. The largest absolute Gasteiger partial charge is 0.547 e. The first-order valence-electron chi connectivity index (χ1n) is 7.57. The molecule has 2 heterocycles. The van der Waals surface area contributed by atoms with E-state index >= 15 is 0 Å². The minimum absolute atomic E-state index is 0.315. The van der Waals surface area contributed by atoms with Gasteiger partial charge < -0.3 is 24.3 Å². The van der Waals surface area contributed by atoms with E-state index in [0.717, 1.165) is 12.8 Å². The van der Waals surface area contributed by atoms with Gasteiger partial charge in [0.25, 0.3) is 0 Å². The number of carboxylic acids is 1. The van der Waals surface area contributed by atoms with Gasteiger partial charge in [-0.15, -0.1) is 0 Å². The molecule has 2 rings (SSSR count). The van der Waals surface area contributed by atoms with Gasteiger partial charge in [-0.05, 0) is 52.9 Å². The highest BCUT2D eigenvalue weighted by Gasteiger charge is 2.41. The zero-order valence-electron chi connectivity index (χ0n) is 13.0. The van der Waals surface area contributed by atoms with E-state index in [1.165, 1.54) is 0 Å². The van der Waals surface area contributed by atoms with Gasteiger partial charge >= 0.3 is 6.09 Å². The van der Waals surface area contributed by atoms with Gasteiger partial charge in [-0.2, -0.15) is 0 Å². The normalized spacial score (nSPS) is 25.7.